The standard InChI is InChI=1S/C21H16N2O6S2/c1-3-23-14-7-11(31(22,26)27)4-5-17(14)30-20-19(23)13-8-12-10(2)6-18(24)28-15(12)9-16(13)29-21(20)25/h3-9,19-20H,1H2,2H3,(H2,22,26,27). The number of aryl methyl sites for hydroxylation is 1. The third-order valence-electron chi connectivity index (χ3n) is 5.42. The van der Waals surface area contributed by atoms with Crippen LogP contribution in [0.5, 0.6) is 5.75 Å². The molecule has 2 aliphatic heterocycles. The van der Waals surface area contributed by atoms with E-state index in [2.05, 4.69) is 6.58 Å². The smallest absolute Gasteiger partial charge is 0.336 e. The van der Waals surface area contributed by atoms with Crippen molar-refractivity contribution in [2.75, 3.05) is 4.90 Å². The minimum absolute atomic E-state index is 0.0353. The topological polar surface area (TPSA) is 120 Å². The second-order valence-corrected chi connectivity index (χ2v) is 10.0. The summed E-state index contributed by atoms with van der Waals surface area (Å²) in [5.74, 6) is -0.170. The quantitative estimate of drug-likeness (QED) is 0.355. The van der Waals surface area contributed by atoms with Gasteiger partial charge in [0, 0.05) is 28.0 Å². The van der Waals surface area contributed by atoms with Gasteiger partial charge in [-0.25, -0.2) is 18.4 Å². The number of hydrogen-bond acceptors (Lipinski definition) is 8. The van der Waals surface area contributed by atoms with Gasteiger partial charge in [-0.2, -0.15) is 0 Å². The van der Waals surface area contributed by atoms with Crippen molar-refractivity contribution in [3.8, 4) is 5.75 Å². The summed E-state index contributed by atoms with van der Waals surface area (Å²) in [5.41, 5.74) is 1.84. The summed E-state index contributed by atoms with van der Waals surface area (Å²) in [4.78, 5) is 27.0. The van der Waals surface area contributed by atoms with Crippen LogP contribution in [0.1, 0.15) is 17.2 Å². The van der Waals surface area contributed by atoms with E-state index in [0.29, 0.717) is 27.1 Å². The Kier molecular flexibility index (Phi) is 4.30. The number of rotatable bonds is 2. The van der Waals surface area contributed by atoms with E-state index in [1.807, 2.05) is 6.07 Å². The Hall–Kier alpha value is -3.08. The van der Waals surface area contributed by atoms with Crippen LogP contribution in [0, 0.1) is 6.92 Å². The first-order valence-corrected chi connectivity index (χ1v) is 11.6. The number of carbonyl (C=O) groups excluding carboxylic acids is 1. The first-order chi connectivity index (χ1) is 14.7. The molecule has 31 heavy (non-hydrogen) atoms. The number of primary sulfonamides is 1. The molecular formula is C21H16N2O6S2. The molecule has 0 spiro atoms. The second-order valence-electron chi connectivity index (χ2n) is 7.30. The number of benzene rings is 2. The average Bonchev–Trinajstić information content (AvgIpc) is 2.70. The average molecular weight is 457 g/mol. The predicted octanol–water partition coefficient (Wildman–Crippen LogP) is 2.83. The molecule has 2 aromatic carbocycles. The molecule has 3 aromatic rings. The fourth-order valence-electron chi connectivity index (χ4n) is 4.02. The molecule has 2 unspecified atom stereocenters. The van der Waals surface area contributed by atoms with Crippen LogP contribution in [0.3, 0.4) is 0 Å². The molecule has 0 aliphatic carbocycles. The molecule has 10 heteroatoms. The van der Waals surface area contributed by atoms with Gasteiger partial charge in [0.1, 0.15) is 16.6 Å². The fraction of sp³-hybridized carbons (Fsp3) is 0.143. The monoisotopic (exact) mass is 456 g/mol. The van der Waals surface area contributed by atoms with Gasteiger partial charge in [-0.05, 0) is 43.0 Å². The number of nitrogens with zero attached hydrogens (tertiary/aromatic N) is 1. The fourth-order valence-corrected chi connectivity index (χ4v) is 5.81. The molecule has 0 saturated heterocycles. The lowest BCUT2D eigenvalue weighted by Gasteiger charge is -2.43. The molecule has 2 N–H and O–H groups in total. The first-order valence-electron chi connectivity index (χ1n) is 9.22. The van der Waals surface area contributed by atoms with Crippen molar-refractivity contribution in [2.45, 2.75) is 28.0 Å². The maximum absolute atomic E-state index is 12.8. The minimum Gasteiger partial charge on any atom is -0.425 e. The Bertz CT molecular complexity index is 1460. The molecule has 1 aromatic heterocycles. The number of sulfonamides is 1. The van der Waals surface area contributed by atoms with E-state index in [0.717, 1.165) is 5.56 Å². The Morgan fingerprint density at radius 3 is 2.68 bits per heavy atom. The van der Waals surface area contributed by atoms with Gasteiger partial charge in [-0.1, -0.05) is 6.58 Å². The van der Waals surface area contributed by atoms with Crippen LogP contribution in [-0.2, 0) is 14.8 Å². The van der Waals surface area contributed by atoms with Crippen molar-refractivity contribution in [3.63, 3.8) is 0 Å². The van der Waals surface area contributed by atoms with E-state index in [1.54, 1.807) is 24.1 Å². The zero-order chi connectivity index (χ0) is 22.1. The van der Waals surface area contributed by atoms with Crippen molar-refractivity contribution in [1.82, 2.24) is 0 Å². The van der Waals surface area contributed by atoms with Crippen molar-refractivity contribution in [3.05, 3.63) is 70.7 Å². The van der Waals surface area contributed by atoms with E-state index in [9.17, 15) is 18.0 Å². The van der Waals surface area contributed by atoms with E-state index in [-0.39, 0.29) is 10.6 Å². The summed E-state index contributed by atoms with van der Waals surface area (Å²) >= 11 is 1.29. The largest absolute Gasteiger partial charge is 0.425 e. The van der Waals surface area contributed by atoms with Crippen LogP contribution in [0.2, 0.25) is 0 Å². The summed E-state index contributed by atoms with van der Waals surface area (Å²) in [5, 5.41) is 5.42. The summed E-state index contributed by atoms with van der Waals surface area (Å²) in [6.45, 7) is 5.68. The highest BCUT2D eigenvalue weighted by atomic mass is 32.2. The lowest BCUT2D eigenvalue weighted by molar-refractivity contribution is -0.135. The second kappa shape index (κ2) is 6.71. The van der Waals surface area contributed by atoms with Gasteiger partial charge >= 0.3 is 11.6 Å². The van der Waals surface area contributed by atoms with Gasteiger partial charge in [0.25, 0.3) is 0 Å². The lowest BCUT2D eigenvalue weighted by atomic mass is 9.94. The minimum atomic E-state index is -3.91. The molecule has 8 nitrogen and oxygen atoms in total. The number of ether oxygens (including phenoxy) is 1. The zero-order valence-electron chi connectivity index (χ0n) is 16.2. The first kappa shape index (κ1) is 19.9. The molecular weight excluding hydrogens is 440 g/mol. The Morgan fingerprint density at radius 2 is 1.97 bits per heavy atom. The number of nitrogens with two attached hydrogens (primary N) is 1. The molecule has 0 amide bonds. The molecule has 158 valence electrons. The third-order valence-corrected chi connectivity index (χ3v) is 7.63. The SMILES string of the molecule is C=CN1c2cc(S(N)(=O)=O)ccc2SC2C(=O)Oc3cc4oc(=O)cc(C)c4cc3C21. The molecule has 2 aliphatic rings. The number of fused-ring (bicyclic) bond motifs is 5. The number of carbonyl (C=O) groups is 1. The number of hydrogen-bond donors (Lipinski definition) is 1. The highest BCUT2D eigenvalue weighted by Crippen LogP contribution is 2.53. The van der Waals surface area contributed by atoms with Gasteiger partial charge in [-0.15, -0.1) is 11.8 Å². The van der Waals surface area contributed by atoms with E-state index < -0.39 is 32.9 Å². The van der Waals surface area contributed by atoms with Gasteiger partial charge in [0.15, 0.2) is 0 Å². The normalized spacial score (nSPS) is 19.9. The van der Waals surface area contributed by atoms with Crippen LogP contribution in [-0.4, -0.2) is 19.6 Å². The molecule has 0 bridgehead atoms. The van der Waals surface area contributed by atoms with Crippen molar-refractivity contribution in [2.24, 2.45) is 5.14 Å². The Morgan fingerprint density at radius 1 is 1.19 bits per heavy atom. The predicted molar refractivity (Wildman–Crippen MR) is 116 cm³/mol. The van der Waals surface area contributed by atoms with E-state index in [4.69, 9.17) is 14.3 Å². The molecule has 3 heterocycles. The molecule has 5 rings (SSSR count). The van der Waals surface area contributed by atoms with Gasteiger partial charge < -0.3 is 14.1 Å². The van der Waals surface area contributed by atoms with Crippen molar-refractivity contribution in [1.29, 1.82) is 0 Å². The van der Waals surface area contributed by atoms with Gasteiger partial charge in [-0.3, -0.25) is 4.79 Å². The summed E-state index contributed by atoms with van der Waals surface area (Å²) in [6.07, 6.45) is 1.55. The summed E-state index contributed by atoms with van der Waals surface area (Å²) < 4.78 is 34.6. The Balaban J connectivity index is 1.75. The van der Waals surface area contributed by atoms with Crippen LogP contribution < -0.4 is 20.4 Å². The van der Waals surface area contributed by atoms with Crippen LogP contribution in [0.25, 0.3) is 11.0 Å². The lowest BCUT2D eigenvalue weighted by Crippen LogP contribution is -2.44. The number of anilines is 1. The molecule has 2 atom stereocenters. The number of esters is 1. The number of thioether (sulfide) groups is 1. The van der Waals surface area contributed by atoms with Gasteiger partial charge in [0.05, 0.1) is 16.6 Å². The molecule has 0 fully saturated rings. The molecule has 0 saturated carbocycles. The zero-order valence-corrected chi connectivity index (χ0v) is 17.8. The third kappa shape index (κ3) is 3.06. The van der Waals surface area contributed by atoms with E-state index >= 15 is 0 Å². The highest BCUT2D eigenvalue weighted by molar-refractivity contribution is 8.01. The maximum atomic E-state index is 12.8. The highest BCUT2D eigenvalue weighted by Gasteiger charge is 2.45. The van der Waals surface area contributed by atoms with E-state index in [1.165, 1.54) is 36.0 Å². The maximum Gasteiger partial charge on any atom is 0.336 e. The summed E-state index contributed by atoms with van der Waals surface area (Å²) in [6, 6.07) is 8.76. The molecule has 0 radical (unpaired) electrons. The van der Waals surface area contributed by atoms with Crippen LogP contribution in [0.4, 0.5) is 5.69 Å². The Labute approximate surface area is 181 Å². The van der Waals surface area contributed by atoms with Gasteiger partial charge in [0.2, 0.25) is 10.0 Å². The van der Waals surface area contributed by atoms with Crippen molar-refractivity contribution >= 4 is 44.4 Å². The summed E-state index contributed by atoms with van der Waals surface area (Å²) in [7, 11) is -3.91. The van der Waals surface area contributed by atoms with Crippen LogP contribution >= 0.6 is 11.8 Å². The van der Waals surface area contributed by atoms with Crippen molar-refractivity contribution < 1.29 is 22.4 Å². The van der Waals surface area contributed by atoms with Crippen LogP contribution in [0.15, 0.2) is 68.2 Å².